The van der Waals surface area contributed by atoms with E-state index in [0.717, 1.165) is 48.3 Å². The van der Waals surface area contributed by atoms with Crippen LogP contribution in [0.5, 0.6) is 11.5 Å². The molecule has 1 aliphatic rings. The Labute approximate surface area is 193 Å². The minimum Gasteiger partial charge on any atom is -0.493 e. The number of anilines is 2. The van der Waals surface area contributed by atoms with Crippen LogP contribution >= 0.6 is 11.6 Å². The van der Waals surface area contributed by atoms with Crippen LogP contribution in [-0.4, -0.2) is 43.1 Å². The third kappa shape index (κ3) is 4.46. The first-order chi connectivity index (χ1) is 15.4. The highest BCUT2D eigenvalue weighted by Gasteiger charge is 2.24. The molecule has 0 radical (unpaired) electrons. The zero-order valence-corrected chi connectivity index (χ0v) is 19.6. The maximum absolute atomic E-state index is 13.3. The summed E-state index contributed by atoms with van der Waals surface area (Å²) in [5.41, 5.74) is 3.63. The van der Waals surface area contributed by atoms with Crippen molar-refractivity contribution < 1.29 is 14.3 Å². The fraction of sp³-hybridized carbons (Fsp3) is 0.360. The average Bonchev–Trinajstić information content (AvgIpc) is 2.80. The maximum Gasteiger partial charge on any atom is 0.272 e. The van der Waals surface area contributed by atoms with Gasteiger partial charge in [0, 0.05) is 35.3 Å². The topological polar surface area (TPSA) is 63.7 Å². The van der Waals surface area contributed by atoms with Crippen molar-refractivity contribution >= 4 is 39.8 Å². The number of aromatic nitrogens is 1. The Bertz CT molecular complexity index is 1160. The SMILES string of the molecule is COc1cc2nc(C(=O)N3CCC(C)CC3)cc(Nc3ccc(C)c(Cl)c3)c2cc1OC. The Hall–Kier alpha value is -2.99. The number of carbonyl (C=O) groups is 1. The Kier molecular flexibility index (Phi) is 6.42. The van der Waals surface area contributed by atoms with Gasteiger partial charge in [-0.15, -0.1) is 0 Å². The Balaban J connectivity index is 1.80. The lowest BCUT2D eigenvalue weighted by molar-refractivity contribution is 0.0691. The number of benzene rings is 2. The highest BCUT2D eigenvalue weighted by Crippen LogP contribution is 2.36. The largest absolute Gasteiger partial charge is 0.493 e. The zero-order valence-electron chi connectivity index (χ0n) is 18.9. The third-order valence-electron chi connectivity index (χ3n) is 6.05. The molecule has 2 aromatic carbocycles. The first kappa shape index (κ1) is 22.2. The zero-order chi connectivity index (χ0) is 22.8. The van der Waals surface area contributed by atoms with E-state index in [4.69, 9.17) is 26.1 Å². The molecule has 0 aliphatic carbocycles. The number of fused-ring (bicyclic) bond motifs is 1. The number of piperidine rings is 1. The molecule has 1 N–H and O–H groups in total. The van der Waals surface area contributed by atoms with Crippen molar-refractivity contribution in [2.75, 3.05) is 32.6 Å². The van der Waals surface area contributed by atoms with Crippen LogP contribution < -0.4 is 14.8 Å². The standard InChI is InChI=1S/C25H28ClN3O3/c1-15-7-9-29(10-8-15)25(30)22-13-20(27-17-6-5-16(2)19(26)11-17)18-12-23(31-3)24(32-4)14-21(18)28-22/h5-6,11-15H,7-10H2,1-4H3,(H,27,28). The molecule has 3 aromatic rings. The van der Waals surface area contributed by atoms with E-state index in [1.807, 2.05) is 42.2 Å². The van der Waals surface area contributed by atoms with Gasteiger partial charge in [0.15, 0.2) is 11.5 Å². The number of methoxy groups -OCH3 is 2. The molecule has 0 atom stereocenters. The molecule has 0 unspecified atom stereocenters. The van der Waals surface area contributed by atoms with Crippen molar-refractivity contribution in [1.29, 1.82) is 0 Å². The van der Waals surface area contributed by atoms with E-state index in [1.165, 1.54) is 0 Å². The first-order valence-corrected chi connectivity index (χ1v) is 11.2. The number of hydrogen-bond acceptors (Lipinski definition) is 5. The van der Waals surface area contributed by atoms with Crippen LogP contribution in [0.15, 0.2) is 36.4 Å². The molecule has 7 heteroatoms. The highest BCUT2D eigenvalue weighted by molar-refractivity contribution is 6.31. The van der Waals surface area contributed by atoms with Gasteiger partial charge in [-0.05, 0) is 55.5 Å². The Morgan fingerprint density at radius 1 is 1.09 bits per heavy atom. The minimum atomic E-state index is -0.0569. The fourth-order valence-corrected chi connectivity index (χ4v) is 4.15. The molecule has 0 saturated carbocycles. The molecule has 1 saturated heterocycles. The number of rotatable bonds is 5. The smallest absolute Gasteiger partial charge is 0.272 e. The van der Waals surface area contributed by atoms with Crippen molar-refractivity contribution in [1.82, 2.24) is 9.88 Å². The van der Waals surface area contributed by atoms with Crippen LogP contribution in [-0.2, 0) is 0 Å². The van der Waals surface area contributed by atoms with Crippen LogP contribution in [0.1, 0.15) is 35.8 Å². The second kappa shape index (κ2) is 9.25. The number of halogens is 1. The predicted octanol–water partition coefficient (Wildman–Crippen LogP) is 5.83. The molecule has 4 rings (SSSR count). The van der Waals surface area contributed by atoms with Crippen LogP contribution in [0.4, 0.5) is 11.4 Å². The van der Waals surface area contributed by atoms with E-state index in [0.29, 0.717) is 33.7 Å². The summed E-state index contributed by atoms with van der Waals surface area (Å²) < 4.78 is 11.0. The number of pyridine rings is 1. The quantitative estimate of drug-likeness (QED) is 0.526. The highest BCUT2D eigenvalue weighted by atomic mass is 35.5. The molecule has 168 valence electrons. The Morgan fingerprint density at radius 3 is 2.44 bits per heavy atom. The van der Waals surface area contributed by atoms with E-state index in [2.05, 4.69) is 12.2 Å². The van der Waals surface area contributed by atoms with Crippen molar-refractivity contribution in [3.63, 3.8) is 0 Å². The monoisotopic (exact) mass is 453 g/mol. The van der Waals surface area contributed by atoms with Gasteiger partial charge in [0.05, 0.1) is 25.4 Å². The number of nitrogens with one attached hydrogen (secondary N) is 1. The number of carbonyl (C=O) groups excluding carboxylic acids is 1. The maximum atomic E-state index is 13.3. The molecule has 1 fully saturated rings. The van der Waals surface area contributed by atoms with Crippen LogP contribution in [0.2, 0.25) is 5.02 Å². The molecule has 1 aliphatic heterocycles. The number of nitrogens with zero attached hydrogens (tertiary/aromatic N) is 2. The summed E-state index contributed by atoms with van der Waals surface area (Å²) in [6.07, 6.45) is 2.02. The van der Waals surface area contributed by atoms with Crippen molar-refractivity contribution in [2.45, 2.75) is 26.7 Å². The summed E-state index contributed by atoms with van der Waals surface area (Å²) in [4.78, 5) is 19.9. The van der Waals surface area contributed by atoms with Gasteiger partial charge in [-0.3, -0.25) is 4.79 Å². The van der Waals surface area contributed by atoms with Gasteiger partial charge >= 0.3 is 0 Å². The van der Waals surface area contributed by atoms with Gasteiger partial charge < -0.3 is 19.7 Å². The van der Waals surface area contributed by atoms with E-state index < -0.39 is 0 Å². The van der Waals surface area contributed by atoms with E-state index in [1.54, 1.807) is 20.3 Å². The normalized spacial score (nSPS) is 14.5. The first-order valence-electron chi connectivity index (χ1n) is 10.8. The Morgan fingerprint density at radius 2 is 1.78 bits per heavy atom. The minimum absolute atomic E-state index is 0.0569. The molecule has 6 nitrogen and oxygen atoms in total. The number of hydrogen-bond donors (Lipinski definition) is 1. The van der Waals surface area contributed by atoms with Gasteiger partial charge in [0.1, 0.15) is 5.69 Å². The van der Waals surface area contributed by atoms with E-state index in [9.17, 15) is 4.79 Å². The molecule has 2 heterocycles. The van der Waals surface area contributed by atoms with E-state index >= 15 is 0 Å². The molecule has 0 spiro atoms. The molecule has 32 heavy (non-hydrogen) atoms. The van der Waals surface area contributed by atoms with Gasteiger partial charge in [-0.25, -0.2) is 4.98 Å². The number of aryl methyl sites for hydroxylation is 1. The summed E-state index contributed by atoms with van der Waals surface area (Å²) in [5.74, 6) is 1.74. The summed E-state index contributed by atoms with van der Waals surface area (Å²) in [6.45, 7) is 5.69. The average molecular weight is 454 g/mol. The van der Waals surface area contributed by atoms with Gasteiger partial charge in [0.25, 0.3) is 5.91 Å². The number of ether oxygens (including phenoxy) is 2. The number of likely N-dealkylation sites (tertiary alicyclic amines) is 1. The summed E-state index contributed by atoms with van der Waals surface area (Å²) in [6, 6.07) is 11.3. The second-order valence-corrected chi connectivity index (χ2v) is 8.75. The number of amides is 1. The van der Waals surface area contributed by atoms with Gasteiger partial charge in [0.2, 0.25) is 0 Å². The van der Waals surface area contributed by atoms with E-state index in [-0.39, 0.29) is 5.91 Å². The summed E-state index contributed by atoms with van der Waals surface area (Å²) in [5, 5.41) is 4.91. The summed E-state index contributed by atoms with van der Waals surface area (Å²) >= 11 is 6.33. The lowest BCUT2D eigenvalue weighted by atomic mass is 9.99. The molecule has 1 amide bonds. The van der Waals surface area contributed by atoms with Gasteiger partial charge in [-0.2, -0.15) is 0 Å². The fourth-order valence-electron chi connectivity index (χ4n) is 3.97. The van der Waals surface area contributed by atoms with Crippen LogP contribution in [0, 0.1) is 12.8 Å². The third-order valence-corrected chi connectivity index (χ3v) is 6.46. The molecule has 0 bridgehead atoms. The molecular formula is C25H28ClN3O3. The lowest BCUT2D eigenvalue weighted by Crippen LogP contribution is -2.38. The molecular weight excluding hydrogens is 426 g/mol. The predicted molar refractivity (Wildman–Crippen MR) is 129 cm³/mol. The lowest BCUT2D eigenvalue weighted by Gasteiger charge is -2.30. The van der Waals surface area contributed by atoms with Gasteiger partial charge in [-0.1, -0.05) is 24.6 Å². The summed E-state index contributed by atoms with van der Waals surface area (Å²) in [7, 11) is 3.18. The second-order valence-electron chi connectivity index (χ2n) is 8.34. The van der Waals surface area contributed by atoms with Crippen molar-refractivity contribution in [3.05, 3.63) is 52.7 Å². The van der Waals surface area contributed by atoms with Crippen molar-refractivity contribution in [3.8, 4) is 11.5 Å². The molecule has 1 aromatic heterocycles. The van der Waals surface area contributed by atoms with Crippen LogP contribution in [0.3, 0.4) is 0 Å². The van der Waals surface area contributed by atoms with Crippen molar-refractivity contribution in [2.24, 2.45) is 5.92 Å². The van der Waals surface area contributed by atoms with Crippen LogP contribution in [0.25, 0.3) is 10.9 Å².